The predicted octanol–water partition coefficient (Wildman–Crippen LogP) is 3.75. The molecular weight excluding hydrogens is 799 g/mol. The van der Waals surface area contributed by atoms with E-state index in [2.05, 4.69) is 21.7 Å². The van der Waals surface area contributed by atoms with E-state index in [4.69, 9.17) is 23.7 Å². The fourth-order valence-corrected chi connectivity index (χ4v) is 7.96. The molecule has 0 bridgehead atoms. The number of carbonyl (C=O) groups is 6. The zero-order chi connectivity index (χ0) is 43.6. The molecule has 3 aromatic rings. The van der Waals surface area contributed by atoms with Crippen LogP contribution < -0.4 is 20.1 Å². The highest BCUT2D eigenvalue weighted by Gasteiger charge is 2.51. The van der Waals surface area contributed by atoms with Gasteiger partial charge in [0.2, 0.25) is 17.7 Å². The normalized spacial score (nSPS) is 17.8. The van der Waals surface area contributed by atoms with E-state index in [-0.39, 0.29) is 62.0 Å². The highest BCUT2D eigenvalue weighted by Crippen LogP contribution is 2.63. The lowest BCUT2D eigenvalue weighted by molar-refractivity contribution is -0.136. The molecule has 1 saturated heterocycles. The molecule has 1 unspecified atom stereocenters. The van der Waals surface area contributed by atoms with Crippen LogP contribution in [-0.2, 0) is 41.6 Å². The molecule has 4 aliphatic rings. The second-order valence-corrected chi connectivity index (χ2v) is 16.2. The average molecular weight is 852 g/mol. The Morgan fingerprint density at radius 2 is 1.61 bits per heavy atom. The van der Waals surface area contributed by atoms with E-state index in [1.54, 1.807) is 37.4 Å². The van der Waals surface area contributed by atoms with Crippen LogP contribution in [0, 0.1) is 11.3 Å². The van der Waals surface area contributed by atoms with E-state index in [0.29, 0.717) is 68.1 Å². The summed E-state index contributed by atoms with van der Waals surface area (Å²) in [5.41, 5.74) is 3.80. The van der Waals surface area contributed by atoms with Gasteiger partial charge in [0.25, 0.3) is 17.7 Å². The molecule has 16 nitrogen and oxygen atoms in total. The monoisotopic (exact) mass is 851 g/mol. The van der Waals surface area contributed by atoms with Crippen molar-refractivity contribution in [3.63, 3.8) is 0 Å². The molecule has 2 saturated carbocycles. The number of nitrogens with one attached hydrogen (secondary N) is 2. The van der Waals surface area contributed by atoms with Gasteiger partial charge in [0.05, 0.1) is 70.5 Å². The molecule has 2 aliphatic carbocycles. The molecule has 3 heterocycles. The van der Waals surface area contributed by atoms with Gasteiger partial charge in [-0.2, -0.15) is 0 Å². The maximum absolute atomic E-state index is 13.0. The van der Waals surface area contributed by atoms with Crippen molar-refractivity contribution in [2.24, 2.45) is 11.3 Å². The number of ether oxygens (including phenoxy) is 5. The topological polar surface area (TPSA) is 192 Å². The van der Waals surface area contributed by atoms with Crippen LogP contribution in [0.25, 0.3) is 6.08 Å². The van der Waals surface area contributed by atoms with E-state index in [1.165, 1.54) is 37.8 Å². The van der Waals surface area contributed by atoms with Gasteiger partial charge in [0.1, 0.15) is 29.8 Å². The Kier molecular flexibility index (Phi) is 14.4. The number of pyridine rings is 1. The number of imide groups is 2. The number of fused-ring (bicyclic) bond motifs is 1. The number of benzene rings is 2. The smallest absolute Gasteiger partial charge is 0.270 e. The molecular formula is C46H53N5O11. The number of aromatic nitrogens is 1. The van der Waals surface area contributed by atoms with Gasteiger partial charge in [-0.05, 0) is 78.8 Å². The van der Waals surface area contributed by atoms with E-state index in [9.17, 15) is 28.8 Å². The van der Waals surface area contributed by atoms with E-state index >= 15 is 0 Å². The van der Waals surface area contributed by atoms with E-state index in [1.807, 2.05) is 30.3 Å². The van der Waals surface area contributed by atoms with E-state index in [0.717, 1.165) is 21.6 Å². The molecule has 328 valence electrons. The number of allylic oxidation sites excluding steroid dienone is 1. The Morgan fingerprint density at radius 1 is 0.903 bits per heavy atom. The first-order chi connectivity index (χ1) is 30.0. The van der Waals surface area contributed by atoms with Crippen LogP contribution in [0.3, 0.4) is 0 Å². The summed E-state index contributed by atoms with van der Waals surface area (Å²) < 4.78 is 28.0. The first-order valence-corrected chi connectivity index (χ1v) is 21.1. The van der Waals surface area contributed by atoms with Gasteiger partial charge in [0.15, 0.2) is 0 Å². The second kappa shape index (κ2) is 20.3. The van der Waals surface area contributed by atoms with Gasteiger partial charge in [0, 0.05) is 32.1 Å². The van der Waals surface area contributed by atoms with Crippen LogP contribution in [0.1, 0.15) is 86.4 Å². The standard InChI is InChI=1S/C46H53N5O11/c1-50(41(53)23-30-4-3-5-31(22-30)28-48-42(54)37-24-33(39(58-2)29-47-37)7-6-32-26-46(27-32)12-13-46)14-15-59-16-17-60-18-19-61-20-21-62-34-8-9-35-36(25-34)45(57)51(44(35)56)38-10-11-40(52)49-43(38)55/h3-9,22,24-25,29,32,38H,10-21,23,26-28H2,1-2H3,(H,48,54)(H,49,52,55). The number of methoxy groups -OCH3 is 1. The number of piperidine rings is 1. The maximum atomic E-state index is 13.0. The molecule has 62 heavy (non-hydrogen) atoms. The molecule has 6 amide bonds. The molecule has 1 spiro atoms. The molecule has 16 heteroatoms. The highest BCUT2D eigenvalue weighted by molar-refractivity contribution is 6.23. The Labute approximate surface area is 360 Å². The minimum Gasteiger partial charge on any atom is -0.495 e. The number of hydrogen-bond acceptors (Lipinski definition) is 12. The van der Waals surface area contributed by atoms with Crippen LogP contribution in [0.15, 0.2) is 60.8 Å². The molecule has 2 N–H and O–H groups in total. The van der Waals surface area contributed by atoms with Gasteiger partial charge < -0.3 is 33.9 Å². The number of likely N-dealkylation sites (N-methyl/N-ethyl adjacent to an activating group) is 1. The number of hydrogen-bond donors (Lipinski definition) is 2. The number of carbonyl (C=O) groups excluding carboxylic acids is 6. The summed E-state index contributed by atoms with van der Waals surface area (Å²) >= 11 is 0. The summed E-state index contributed by atoms with van der Waals surface area (Å²) in [5.74, 6) is -1.03. The quantitative estimate of drug-likeness (QED) is 0.110. The summed E-state index contributed by atoms with van der Waals surface area (Å²) in [6.45, 7) is 2.88. The summed E-state index contributed by atoms with van der Waals surface area (Å²) in [4.78, 5) is 82.4. The fraction of sp³-hybridized carbons (Fsp3) is 0.457. The van der Waals surface area contributed by atoms with Crippen LogP contribution in [0.4, 0.5) is 0 Å². The zero-order valence-corrected chi connectivity index (χ0v) is 35.2. The van der Waals surface area contributed by atoms with Gasteiger partial charge in [-0.1, -0.05) is 36.4 Å². The lowest BCUT2D eigenvalue weighted by Crippen LogP contribution is -2.54. The van der Waals surface area contributed by atoms with Crippen LogP contribution >= 0.6 is 0 Å². The third-order valence-electron chi connectivity index (χ3n) is 11.7. The summed E-state index contributed by atoms with van der Waals surface area (Å²) in [6, 6.07) is 12.9. The third-order valence-corrected chi connectivity index (χ3v) is 11.7. The Bertz CT molecular complexity index is 2200. The Hall–Kier alpha value is -5.97. The Morgan fingerprint density at radius 3 is 2.34 bits per heavy atom. The SMILES string of the molecule is COc1cnc(C(=O)NCc2cccc(CC(=O)N(C)CCOCCOCCOCCOc3ccc4c(c3)C(=O)N(C3CCC(=O)NC3=O)C4=O)c2)cc1C=CC1CC2(CC2)C1. The number of nitrogens with zero attached hydrogens (tertiary/aromatic N) is 3. The first kappa shape index (κ1) is 44.1. The Balaban J connectivity index is 0.720. The van der Waals surface area contributed by atoms with Crippen molar-refractivity contribution in [2.45, 2.75) is 57.5 Å². The highest BCUT2D eigenvalue weighted by atomic mass is 16.6. The van der Waals surface area contributed by atoms with Crippen molar-refractivity contribution in [3.05, 3.63) is 94.3 Å². The van der Waals surface area contributed by atoms with Gasteiger partial charge in [-0.25, -0.2) is 4.98 Å². The van der Waals surface area contributed by atoms with Crippen molar-refractivity contribution in [2.75, 3.05) is 67.0 Å². The van der Waals surface area contributed by atoms with Crippen molar-refractivity contribution >= 4 is 41.5 Å². The number of amides is 6. The molecule has 7 rings (SSSR count). The zero-order valence-electron chi connectivity index (χ0n) is 35.2. The van der Waals surface area contributed by atoms with Crippen molar-refractivity contribution < 1.29 is 52.5 Å². The molecule has 3 fully saturated rings. The van der Waals surface area contributed by atoms with Gasteiger partial charge in [-0.3, -0.25) is 39.0 Å². The van der Waals surface area contributed by atoms with Crippen LogP contribution in [0.2, 0.25) is 0 Å². The second-order valence-electron chi connectivity index (χ2n) is 16.2. The van der Waals surface area contributed by atoms with Crippen LogP contribution in [-0.4, -0.2) is 123 Å². The lowest BCUT2D eigenvalue weighted by atomic mass is 9.72. The molecule has 1 aromatic heterocycles. The molecule has 2 aliphatic heterocycles. The summed E-state index contributed by atoms with van der Waals surface area (Å²) in [6.07, 6.45) is 11.4. The summed E-state index contributed by atoms with van der Waals surface area (Å²) in [7, 11) is 3.33. The fourth-order valence-electron chi connectivity index (χ4n) is 7.96. The average Bonchev–Trinajstić information content (AvgIpc) is 4.02. The first-order valence-electron chi connectivity index (χ1n) is 21.1. The minimum atomic E-state index is -1.03. The summed E-state index contributed by atoms with van der Waals surface area (Å²) in [5, 5.41) is 5.12. The largest absolute Gasteiger partial charge is 0.495 e. The minimum absolute atomic E-state index is 0.0505. The van der Waals surface area contributed by atoms with Crippen molar-refractivity contribution in [1.82, 2.24) is 25.4 Å². The van der Waals surface area contributed by atoms with E-state index < -0.39 is 29.7 Å². The molecule has 0 radical (unpaired) electrons. The van der Waals surface area contributed by atoms with Crippen molar-refractivity contribution in [3.8, 4) is 11.5 Å². The third kappa shape index (κ3) is 11.1. The van der Waals surface area contributed by atoms with Crippen LogP contribution in [0.5, 0.6) is 11.5 Å². The molecule has 1 atom stereocenters. The van der Waals surface area contributed by atoms with Gasteiger partial charge in [-0.15, -0.1) is 0 Å². The maximum Gasteiger partial charge on any atom is 0.270 e. The van der Waals surface area contributed by atoms with Crippen molar-refractivity contribution in [1.29, 1.82) is 0 Å². The number of rotatable bonds is 22. The molecule has 2 aromatic carbocycles. The lowest BCUT2D eigenvalue weighted by Gasteiger charge is -2.33. The van der Waals surface area contributed by atoms with Gasteiger partial charge >= 0.3 is 0 Å². The predicted molar refractivity (Wildman–Crippen MR) is 224 cm³/mol.